The largest absolute Gasteiger partial charge is 0.457 e. The Morgan fingerprint density at radius 1 is 0.588 bits per heavy atom. The molecule has 0 bridgehead atoms. The Morgan fingerprint density at radius 2 is 1.00 bits per heavy atom. The van der Waals surface area contributed by atoms with Gasteiger partial charge in [-0.1, -0.05) is 72.8 Å². The summed E-state index contributed by atoms with van der Waals surface area (Å²) in [6.45, 7) is 7.77. The second kappa shape index (κ2) is 11.0. The normalized spacial score (nSPS) is 10.4. The molecule has 0 spiro atoms. The maximum absolute atomic E-state index is 13.9. The van der Waals surface area contributed by atoms with Crippen LogP contribution in [0.5, 0.6) is 23.0 Å². The van der Waals surface area contributed by atoms with E-state index in [1.165, 1.54) is 0 Å². The van der Waals surface area contributed by atoms with Crippen LogP contribution in [0.2, 0.25) is 0 Å². The summed E-state index contributed by atoms with van der Waals surface area (Å²) in [4.78, 5) is 13.9. The Morgan fingerprint density at radius 3 is 1.38 bits per heavy atom. The number of rotatable bonds is 10. The smallest absolute Gasteiger partial charge is 0.193 e. The molecular weight excluding hydrogens is 420 g/mol. The standard InChI is InChI=1S/C31H26O3/c1-3-13-25-27(19-11-21-29(25)33-23-15-7-5-8-16-23)31(32)28-20-12-22-30(26(28)14-4-2)34-24-17-9-6-10-18-24/h3-12,15-22H,1-2,13-14H2. The molecule has 3 nitrogen and oxygen atoms in total. The first kappa shape index (κ1) is 22.8. The SMILES string of the molecule is C=CCc1c(Oc2ccccc2)cccc1C(=O)c1cccc(Oc2ccccc2)c1CC=C. The van der Waals surface area contributed by atoms with Crippen LogP contribution in [0.15, 0.2) is 122 Å². The highest BCUT2D eigenvalue weighted by Gasteiger charge is 2.21. The number of carbonyl (C=O) groups is 1. The number of carbonyl (C=O) groups excluding carboxylic acids is 1. The fourth-order valence-electron chi connectivity index (χ4n) is 3.83. The zero-order chi connectivity index (χ0) is 23.8. The van der Waals surface area contributed by atoms with Gasteiger partial charge < -0.3 is 9.47 Å². The number of ether oxygens (including phenoxy) is 2. The minimum Gasteiger partial charge on any atom is -0.457 e. The van der Waals surface area contributed by atoms with Crippen LogP contribution in [-0.4, -0.2) is 5.78 Å². The van der Waals surface area contributed by atoms with E-state index in [1.54, 1.807) is 12.2 Å². The number of benzene rings is 4. The van der Waals surface area contributed by atoms with Gasteiger partial charge in [-0.05, 0) is 49.2 Å². The molecule has 0 fully saturated rings. The maximum Gasteiger partial charge on any atom is 0.193 e. The Bertz CT molecular complexity index is 1190. The molecule has 4 rings (SSSR count). The molecule has 0 aliphatic rings. The van der Waals surface area contributed by atoms with Crippen molar-refractivity contribution in [2.45, 2.75) is 12.8 Å². The summed E-state index contributed by atoms with van der Waals surface area (Å²) in [7, 11) is 0. The number of ketones is 1. The lowest BCUT2D eigenvalue weighted by Crippen LogP contribution is -2.10. The van der Waals surface area contributed by atoms with Crippen molar-refractivity contribution in [1.82, 2.24) is 0 Å². The van der Waals surface area contributed by atoms with Gasteiger partial charge >= 0.3 is 0 Å². The van der Waals surface area contributed by atoms with Gasteiger partial charge in [-0.25, -0.2) is 0 Å². The monoisotopic (exact) mass is 446 g/mol. The lowest BCUT2D eigenvalue weighted by molar-refractivity contribution is 0.103. The van der Waals surface area contributed by atoms with Gasteiger partial charge in [-0.15, -0.1) is 13.2 Å². The molecular formula is C31H26O3. The van der Waals surface area contributed by atoms with Crippen LogP contribution in [-0.2, 0) is 12.8 Å². The molecule has 0 N–H and O–H groups in total. The fourth-order valence-corrected chi connectivity index (χ4v) is 3.83. The van der Waals surface area contributed by atoms with Crippen LogP contribution in [0.4, 0.5) is 0 Å². The minimum absolute atomic E-state index is 0.0919. The van der Waals surface area contributed by atoms with Crippen LogP contribution in [0, 0.1) is 0 Å². The highest BCUT2D eigenvalue weighted by molar-refractivity contribution is 6.11. The Hall–Kier alpha value is -4.37. The Kier molecular flexibility index (Phi) is 7.36. The molecule has 0 radical (unpaired) electrons. The van der Waals surface area contributed by atoms with Crippen LogP contribution in [0.1, 0.15) is 27.0 Å². The van der Waals surface area contributed by atoms with Crippen LogP contribution >= 0.6 is 0 Å². The molecule has 3 heteroatoms. The predicted octanol–water partition coefficient (Wildman–Crippen LogP) is 7.96. The first-order valence-electron chi connectivity index (χ1n) is 11.2. The highest BCUT2D eigenvalue weighted by atomic mass is 16.5. The lowest BCUT2D eigenvalue weighted by atomic mass is 9.91. The van der Waals surface area contributed by atoms with E-state index in [9.17, 15) is 4.79 Å². The van der Waals surface area contributed by atoms with Crippen molar-refractivity contribution in [2.24, 2.45) is 0 Å². The summed E-state index contributed by atoms with van der Waals surface area (Å²) < 4.78 is 12.3. The van der Waals surface area contributed by atoms with Crippen LogP contribution in [0.3, 0.4) is 0 Å². The molecule has 0 heterocycles. The van der Waals surface area contributed by atoms with Crippen LogP contribution < -0.4 is 9.47 Å². The van der Waals surface area contributed by atoms with Gasteiger partial charge in [-0.3, -0.25) is 4.79 Å². The van der Waals surface area contributed by atoms with Crippen molar-refractivity contribution in [3.05, 3.63) is 145 Å². The summed E-state index contributed by atoms with van der Waals surface area (Å²) in [5.41, 5.74) is 2.75. The van der Waals surface area contributed by atoms with E-state index in [0.717, 1.165) is 11.1 Å². The zero-order valence-corrected chi connectivity index (χ0v) is 18.9. The van der Waals surface area contributed by atoms with Crippen molar-refractivity contribution < 1.29 is 14.3 Å². The first-order chi connectivity index (χ1) is 16.7. The third-order valence-electron chi connectivity index (χ3n) is 5.39. The molecule has 0 aliphatic heterocycles. The quantitative estimate of drug-likeness (QED) is 0.183. The fraction of sp³-hybridized carbons (Fsp3) is 0.0645. The lowest BCUT2D eigenvalue weighted by Gasteiger charge is -2.17. The van der Waals surface area contributed by atoms with Gasteiger partial charge in [0.2, 0.25) is 0 Å². The predicted molar refractivity (Wildman–Crippen MR) is 137 cm³/mol. The van der Waals surface area contributed by atoms with Gasteiger partial charge in [0.25, 0.3) is 0 Å². The summed E-state index contributed by atoms with van der Waals surface area (Å²) >= 11 is 0. The molecule has 34 heavy (non-hydrogen) atoms. The molecule has 0 aromatic heterocycles. The second-order valence-corrected chi connectivity index (χ2v) is 7.71. The summed E-state index contributed by atoms with van der Waals surface area (Å²) in [5.74, 6) is 2.61. The molecule has 0 atom stereocenters. The van der Waals surface area contributed by atoms with Gasteiger partial charge in [0, 0.05) is 22.3 Å². The zero-order valence-electron chi connectivity index (χ0n) is 18.9. The molecule has 0 saturated carbocycles. The average Bonchev–Trinajstić information content (AvgIpc) is 2.87. The molecule has 4 aromatic rings. The van der Waals surface area contributed by atoms with Crippen molar-refractivity contribution in [1.29, 1.82) is 0 Å². The molecule has 168 valence electrons. The molecule has 4 aromatic carbocycles. The maximum atomic E-state index is 13.9. The summed E-state index contributed by atoms with van der Waals surface area (Å²) in [6.07, 6.45) is 4.56. The molecule has 0 unspecified atom stereocenters. The van der Waals surface area contributed by atoms with E-state index < -0.39 is 0 Å². The van der Waals surface area contributed by atoms with Crippen LogP contribution in [0.25, 0.3) is 0 Å². The van der Waals surface area contributed by atoms with Crippen molar-refractivity contribution in [3.8, 4) is 23.0 Å². The van der Waals surface area contributed by atoms with Crippen molar-refractivity contribution in [2.75, 3.05) is 0 Å². The summed E-state index contributed by atoms with van der Waals surface area (Å²) in [5, 5.41) is 0. The van der Waals surface area contributed by atoms with Gasteiger partial charge in [0.1, 0.15) is 23.0 Å². The Labute approximate surface area is 200 Å². The van der Waals surface area contributed by atoms with E-state index in [1.807, 2.05) is 97.1 Å². The average molecular weight is 447 g/mol. The first-order valence-corrected chi connectivity index (χ1v) is 11.2. The highest BCUT2D eigenvalue weighted by Crippen LogP contribution is 2.33. The molecule has 0 aliphatic carbocycles. The number of hydrogen-bond donors (Lipinski definition) is 0. The third-order valence-corrected chi connectivity index (χ3v) is 5.39. The minimum atomic E-state index is -0.0919. The van der Waals surface area contributed by atoms with Gasteiger partial charge in [-0.2, -0.15) is 0 Å². The van der Waals surface area contributed by atoms with E-state index in [4.69, 9.17) is 9.47 Å². The van der Waals surface area contributed by atoms with E-state index >= 15 is 0 Å². The number of allylic oxidation sites excluding steroid dienone is 2. The Balaban J connectivity index is 1.76. The van der Waals surface area contributed by atoms with E-state index in [-0.39, 0.29) is 5.78 Å². The van der Waals surface area contributed by atoms with E-state index in [2.05, 4.69) is 13.2 Å². The van der Waals surface area contributed by atoms with Gasteiger partial charge in [0.15, 0.2) is 5.78 Å². The third kappa shape index (κ3) is 5.16. The summed E-state index contributed by atoms with van der Waals surface area (Å²) in [6, 6.07) is 30.2. The number of hydrogen-bond acceptors (Lipinski definition) is 3. The van der Waals surface area contributed by atoms with E-state index in [0.29, 0.717) is 47.0 Å². The molecule has 0 saturated heterocycles. The number of para-hydroxylation sites is 2. The molecule has 0 amide bonds. The van der Waals surface area contributed by atoms with Gasteiger partial charge in [0.05, 0.1) is 0 Å². The van der Waals surface area contributed by atoms with Crippen molar-refractivity contribution in [3.63, 3.8) is 0 Å². The topological polar surface area (TPSA) is 35.5 Å². The second-order valence-electron chi connectivity index (χ2n) is 7.71. The van der Waals surface area contributed by atoms with Crippen molar-refractivity contribution >= 4 is 5.78 Å².